The minimum atomic E-state index is 0.492. The molecule has 0 radical (unpaired) electrons. The lowest BCUT2D eigenvalue weighted by atomic mass is 10.1. The predicted molar refractivity (Wildman–Crippen MR) is 89.0 cm³/mol. The van der Waals surface area contributed by atoms with E-state index in [1.165, 1.54) is 5.39 Å². The van der Waals surface area contributed by atoms with Gasteiger partial charge in [0, 0.05) is 10.0 Å². The Hall–Kier alpha value is -2.00. The summed E-state index contributed by atoms with van der Waals surface area (Å²) in [5.74, 6) is 1.71. The lowest BCUT2D eigenvalue weighted by molar-refractivity contribution is 0.297. The zero-order valence-electron chi connectivity index (χ0n) is 11.7. The van der Waals surface area contributed by atoms with Gasteiger partial charge in [0.05, 0.1) is 7.11 Å². The summed E-state index contributed by atoms with van der Waals surface area (Å²) in [5.41, 5.74) is 1.04. The molecule has 0 spiro atoms. The Kier molecular flexibility index (Phi) is 4.11. The lowest BCUT2D eigenvalue weighted by Crippen LogP contribution is -1.98. The highest BCUT2D eigenvalue weighted by molar-refractivity contribution is 9.10. The van der Waals surface area contributed by atoms with Gasteiger partial charge < -0.3 is 9.47 Å². The molecule has 0 N–H and O–H groups in total. The monoisotopic (exact) mass is 342 g/mol. The average molecular weight is 343 g/mol. The van der Waals surface area contributed by atoms with E-state index in [1.54, 1.807) is 7.11 Å². The van der Waals surface area contributed by atoms with Crippen LogP contribution in [0.25, 0.3) is 10.8 Å². The smallest absolute Gasteiger partial charge is 0.125 e. The second-order valence-electron chi connectivity index (χ2n) is 4.75. The van der Waals surface area contributed by atoms with Crippen molar-refractivity contribution >= 4 is 26.7 Å². The maximum absolute atomic E-state index is 5.88. The molecule has 0 bridgehead atoms. The number of methoxy groups -OCH3 is 1. The van der Waals surface area contributed by atoms with Gasteiger partial charge in [0.15, 0.2) is 0 Å². The van der Waals surface area contributed by atoms with Gasteiger partial charge in [0.1, 0.15) is 18.1 Å². The summed E-state index contributed by atoms with van der Waals surface area (Å²) < 4.78 is 12.3. The number of ether oxygens (including phenoxy) is 2. The van der Waals surface area contributed by atoms with Crippen LogP contribution in [0.3, 0.4) is 0 Å². The first kappa shape index (κ1) is 14.0. The second-order valence-corrected chi connectivity index (χ2v) is 5.67. The summed E-state index contributed by atoms with van der Waals surface area (Å²) in [6.45, 7) is 0.492. The molecule has 0 atom stereocenters. The average Bonchev–Trinajstić information content (AvgIpc) is 2.53. The van der Waals surface area contributed by atoms with E-state index >= 15 is 0 Å². The van der Waals surface area contributed by atoms with Crippen LogP contribution in [-0.2, 0) is 6.61 Å². The molecule has 0 aliphatic carbocycles. The molecule has 21 heavy (non-hydrogen) atoms. The molecule has 0 saturated heterocycles. The molecule has 3 rings (SSSR count). The molecule has 3 aromatic carbocycles. The van der Waals surface area contributed by atoms with Crippen LogP contribution >= 0.6 is 15.9 Å². The van der Waals surface area contributed by atoms with Gasteiger partial charge in [0.25, 0.3) is 0 Å². The van der Waals surface area contributed by atoms with E-state index in [0.29, 0.717) is 6.61 Å². The topological polar surface area (TPSA) is 18.5 Å². The minimum Gasteiger partial charge on any atom is -0.496 e. The van der Waals surface area contributed by atoms with Crippen molar-refractivity contribution < 1.29 is 9.47 Å². The largest absolute Gasteiger partial charge is 0.496 e. The normalized spacial score (nSPS) is 10.6. The summed E-state index contributed by atoms with van der Waals surface area (Å²) in [7, 11) is 1.67. The quantitative estimate of drug-likeness (QED) is 0.649. The predicted octanol–water partition coefficient (Wildman–Crippen LogP) is 5.19. The number of rotatable bonds is 4. The van der Waals surface area contributed by atoms with Crippen LogP contribution in [0.5, 0.6) is 11.5 Å². The number of benzene rings is 3. The standard InChI is InChI=1S/C18H15BrO2/c1-20-18-5-3-2-4-15(18)12-21-17-9-7-13-10-16(19)8-6-14(13)11-17/h2-11H,12H2,1H3. The van der Waals surface area contributed by atoms with Gasteiger partial charge in [-0.1, -0.05) is 46.3 Å². The molecule has 0 saturated carbocycles. The number of hydrogen-bond acceptors (Lipinski definition) is 2. The van der Waals surface area contributed by atoms with Crippen LogP contribution in [0.2, 0.25) is 0 Å². The lowest BCUT2D eigenvalue weighted by Gasteiger charge is -2.10. The van der Waals surface area contributed by atoms with Crippen molar-refractivity contribution in [1.82, 2.24) is 0 Å². The molecule has 3 heteroatoms. The van der Waals surface area contributed by atoms with E-state index in [9.17, 15) is 0 Å². The first-order chi connectivity index (χ1) is 10.3. The molecule has 0 unspecified atom stereocenters. The van der Waals surface area contributed by atoms with Gasteiger partial charge in [-0.05, 0) is 41.1 Å². The molecule has 3 aromatic rings. The van der Waals surface area contributed by atoms with Gasteiger partial charge in [-0.3, -0.25) is 0 Å². The van der Waals surface area contributed by atoms with Crippen LogP contribution in [0.15, 0.2) is 65.1 Å². The number of para-hydroxylation sites is 1. The van der Waals surface area contributed by atoms with Crippen molar-refractivity contribution in [1.29, 1.82) is 0 Å². The fourth-order valence-electron chi connectivity index (χ4n) is 2.27. The van der Waals surface area contributed by atoms with E-state index in [4.69, 9.17) is 9.47 Å². The molecule has 0 aliphatic rings. The van der Waals surface area contributed by atoms with Crippen LogP contribution in [0.4, 0.5) is 0 Å². The summed E-state index contributed by atoms with van der Waals surface area (Å²) in [4.78, 5) is 0. The fourth-order valence-corrected chi connectivity index (χ4v) is 2.65. The van der Waals surface area contributed by atoms with Crippen LogP contribution in [-0.4, -0.2) is 7.11 Å². The first-order valence-corrected chi connectivity index (χ1v) is 7.49. The zero-order valence-corrected chi connectivity index (χ0v) is 13.3. The Labute approximate surface area is 132 Å². The number of hydrogen-bond donors (Lipinski definition) is 0. The fraction of sp³-hybridized carbons (Fsp3) is 0.111. The Morgan fingerprint density at radius 3 is 2.52 bits per heavy atom. The van der Waals surface area contributed by atoms with Crippen molar-refractivity contribution in [2.75, 3.05) is 7.11 Å². The third kappa shape index (κ3) is 3.19. The van der Waals surface area contributed by atoms with Gasteiger partial charge in [0.2, 0.25) is 0 Å². The molecule has 0 fully saturated rings. The second kappa shape index (κ2) is 6.19. The molecule has 0 amide bonds. The minimum absolute atomic E-state index is 0.492. The first-order valence-electron chi connectivity index (χ1n) is 6.70. The van der Waals surface area contributed by atoms with E-state index in [1.807, 2.05) is 36.4 Å². The maximum Gasteiger partial charge on any atom is 0.125 e. The molecule has 0 heterocycles. The zero-order chi connectivity index (χ0) is 14.7. The van der Waals surface area contributed by atoms with Crippen LogP contribution in [0, 0.1) is 0 Å². The van der Waals surface area contributed by atoms with E-state index in [-0.39, 0.29) is 0 Å². The number of fused-ring (bicyclic) bond motifs is 1. The van der Waals surface area contributed by atoms with Crippen molar-refractivity contribution in [2.45, 2.75) is 6.61 Å². The van der Waals surface area contributed by atoms with Crippen molar-refractivity contribution in [2.24, 2.45) is 0 Å². The molecule has 0 aromatic heterocycles. The Balaban J connectivity index is 1.80. The number of halogens is 1. The molecule has 106 valence electrons. The van der Waals surface area contributed by atoms with Crippen molar-refractivity contribution in [3.63, 3.8) is 0 Å². The van der Waals surface area contributed by atoms with Crippen molar-refractivity contribution in [3.05, 3.63) is 70.7 Å². The summed E-state index contributed by atoms with van der Waals surface area (Å²) in [6.07, 6.45) is 0. The van der Waals surface area contributed by atoms with Gasteiger partial charge in [-0.25, -0.2) is 0 Å². The van der Waals surface area contributed by atoms with Gasteiger partial charge in [-0.15, -0.1) is 0 Å². The van der Waals surface area contributed by atoms with Gasteiger partial charge >= 0.3 is 0 Å². The Morgan fingerprint density at radius 1 is 0.905 bits per heavy atom. The third-order valence-corrected chi connectivity index (χ3v) is 3.85. The summed E-state index contributed by atoms with van der Waals surface area (Å²) in [5, 5.41) is 2.35. The molecular weight excluding hydrogens is 328 g/mol. The van der Waals surface area contributed by atoms with Crippen LogP contribution in [0.1, 0.15) is 5.56 Å². The van der Waals surface area contributed by atoms with Crippen molar-refractivity contribution in [3.8, 4) is 11.5 Å². The summed E-state index contributed by atoms with van der Waals surface area (Å²) >= 11 is 3.48. The van der Waals surface area contributed by atoms with Crippen LogP contribution < -0.4 is 9.47 Å². The Morgan fingerprint density at radius 2 is 1.67 bits per heavy atom. The highest BCUT2D eigenvalue weighted by atomic mass is 79.9. The molecule has 2 nitrogen and oxygen atoms in total. The molecular formula is C18H15BrO2. The van der Waals surface area contributed by atoms with Gasteiger partial charge in [-0.2, -0.15) is 0 Å². The highest BCUT2D eigenvalue weighted by Crippen LogP contribution is 2.25. The van der Waals surface area contributed by atoms with E-state index in [2.05, 4.69) is 40.2 Å². The summed E-state index contributed by atoms with van der Waals surface area (Å²) in [6, 6.07) is 20.2. The SMILES string of the molecule is COc1ccccc1COc1ccc2cc(Br)ccc2c1. The molecule has 0 aliphatic heterocycles. The third-order valence-electron chi connectivity index (χ3n) is 3.36. The Bertz CT molecular complexity index is 768. The highest BCUT2D eigenvalue weighted by Gasteiger charge is 2.03. The maximum atomic E-state index is 5.88. The van der Waals surface area contributed by atoms with E-state index < -0.39 is 0 Å². The van der Waals surface area contributed by atoms with E-state index in [0.717, 1.165) is 26.9 Å².